The topological polar surface area (TPSA) is 46.6 Å². The van der Waals surface area contributed by atoms with Gasteiger partial charge in [0.15, 0.2) is 0 Å². The molecule has 3 atom stereocenters. The smallest absolute Gasteiger partial charge is 0.324 e. The molecule has 24 heavy (non-hydrogen) atoms. The first-order chi connectivity index (χ1) is 11.1. The molecule has 1 aromatic carbocycles. The number of rotatable bonds is 3. The van der Waals surface area contributed by atoms with E-state index in [1.807, 2.05) is 26.0 Å². The fourth-order valence-corrected chi connectivity index (χ4v) is 4.67. The summed E-state index contributed by atoms with van der Waals surface area (Å²) in [5.41, 5.74) is 2.93. The van der Waals surface area contributed by atoms with Gasteiger partial charge in [-0.05, 0) is 36.0 Å². The second-order valence-electron chi connectivity index (χ2n) is 7.41. The maximum absolute atomic E-state index is 13.8. The number of ether oxygens (including phenoxy) is 1. The Morgan fingerprint density at radius 1 is 1.29 bits per heavy atom. The fourth-order valence-electron chi connectivity index (χ4n) is 3.07. The lowest BCUT2D eigenvalue weighted by Crippen LogP contribution is -2.38. The molecule has 1 aliphatic heterocycles. The van der Waals surface area contributed by atoms with Gasteiger partial charge in [-0.1, -0.05) is 32.9 Å². The van der Waals surface area contributed by atoms with Crippen molar-refractivity contribution in [3.63, 3.8) is 0 Å². The highest BCUT2D eigenvalue weighted by atomic mass is 32.2. The molecule has 1 saturated heterocycles. The van der Waals surface area contributed by atoms with Gasteiger partial charge in [0.2, 0.25) is 0 Å². The Balaban J connectivity index is 2.41. The first-order valence-electron chi connectivity index (χ1n) is 8.08. The van der Waals surface area contributed by atoms with E-state index in [-0.39, 0.29) is 18.4 Å². The van der Waals surface area contributed by atoms with Crippen molar-refractivity contribution in [2.45, 2.75) is 63.6 Å². The number of esters is 1. The highest BCUT2D eigenvalue weighted by molar-refractivity contribution is 7.82. The standard InChI is InChI=1S/C18H26FNO3S/c1-11-7-13(18(3,4)5)8-12(2)16(11)24(22)20-10-14(19)9-15(20)17(21)23-6/h7-8,14-15H,9-10H2,1-6H3/t14-,15-,24?/m1/s1. The van der Waals surface area contributed by atoms with Gasteiger partial charge < -0.3 is 4.74 Å². The lowest BCUT2D eigenvalue weighted by Gasteiger charge is -2.25. The summed E-state index contributed by atoms with van der Waals surface area (Å²) in [5, 5.41) is 0. The molecule has 0 bridgehead atoms. The zero-order valence-corrected chi connectivity index (χ0v) is 16.0. The monoisotopic (exact) mass is 355 g/mol. The largest absolute Gasteiger partial charge is 0.468 e. The van der Waals surface area contributed by atoms with E-state index in [9.17, 15) is 13.4 Å². The van der Waals surface area contributed by atoms with E-state index in [2.05, 4.69) is 20.8 Å². The van der Waals surface area contributed by atoms with Crippen LogP contribution in [0.1, 0.15) is 43.9 Å². The normalized spacial score (nSPS) is 23.3. The minimum Gasteiger partial charge on any atom is -0.468 e. The van der Waals surface area contributed by atoms with Crippen molar-refractivity contribution < 1.29 is 18.1 Å². The quantitative estimate of drug-likeness (QED) is 0.782. The zero-order valence-electron chi connectivity index (χ0n) is 15.2. The average Bonchev–Trinajstić information content (AvgIpc) is 2.86. The summed E-state index contributed by atoms with van der Waals surface area (Å²) < 4.78 is 33.1. The van der Waals surface area contributed by atoms with Crippen molar-refractivity contribution >= 4 is 17.0 Å². The predicted octanol–water partition coefficient (Wildman–Crippen LogP) is 3.21. The molecule has 0 aromatic heterocycles. The first kappa shape index (κ1) is 19.1. The van der Waals surface area contributed by atoms with E-state index in [1.54, 1.807) is 0 Å². The SMILES string of the molecule is COC(=O)[C@H]1C[C@@H](F)CN1S(=O)c1c(C)cc(C(C)(C)C)cc1C. The van der Waals surface area contributed by atoms with E-state index < -0.39 is 29.2 Å². The molecule has 0 amide bonds. The number of halogens is 1. The molecule has 4 nitrogen and oxygen atoms in total. The van der Waals surface area contributed by atoms with Crippen LogP contribution in [0.15, 0.2) is 17.0 Å². The maximum atomic E-state index is 13.8. The van der Waals surface area contributed by atoms with Crippen molar-refractivity contribution in [1.29, 1.82) is 0 Å². The number of alkyl halides is 1. The maximum Gasteiger partial charge on any atom is 0.324 e. The summed E-state index contributed by atoms with van der Waals surface area (Å²) in [6.45, 7) is 10.2. The van der Waals surface area contributed by atoms with Crippen molar-refractivity contribution in [2.75, 3.05) is 13.7 Å². The van der Waals surface area contributed by atoms with Crippen LogP contribution in [0.5, 0.6) is 0 Å². The number of hydrogen-bond donors (Lipinski definition) is 0. The van der Waals surface area contributed by atoms with E-state index in [1.165, 1.54) is 11.4 Å². The van der Waals surface area contributed by atoms with Crippen molar-refractivity contribution in [3.05, 3.63) is 28.8 Å². The molecule has 6 heteroatoms. The summed E-state index contributed by atoms with van der Waals surface area (Å²) >= 11 is 0. The molecule has 1 fully saturated rings. The number of nitrogens with zero attached hydrogens (tertiary/aromatic N) is 1. The van der Waals surface area contributed by atoms with Gasteiger partial charge in [0, 0.05) is 13.0 Å². The van der Waals surface area contributed by atoms with Gasteiger partial charge in [-0.2, -0.15) is 0 Å². The third-order valence-electron chi connectivity index (χ3n) is 4.39. The Hall–Kier alpha value is -1.27. The minimum absolute atomic E-state index is 0.0121. The van der Waals surface area contributed by atoms with Crippen LogP contribution in [-0.2, 0) is 25.9 Å². The average molecular weight is 355 g/mol. The number of benzene rings is 1. The van der Waals surface area contributed by atoms with Gasteiger partial charge in [-0.3, -0.25) is 4.79 Å². The van der Waals surface area contributed by atoms with E-state index in [0.717, 1.165) is 16.7 Å². The predicted molar refractivity (Wildman–Crippen MR) is 93.0 cm³/mol. The minimum atomic E-state index is -1.60. The molecule has 1 unspecified atom stereocenters. The molecule has 2 rings (SSSR count). The summed E-state index contributed by atoms with van der Waals surface area (Å²) in [6.07, 6.45) is -1.15. The second kappa shape index (κ2) is 6.92. The third kappa shape index (κ3) is 3.70. The number of aryl methyl sites for hydroxylation is 2. The lowest BCUT2D eigenvalue weighted by molar-refractivity contribution is -0.144. The molecule has 0 aliphatic carbocycles. The Morgan fingerprint density at radius 3 is 2.29 bits per heavy atom. The zero-order chi connectivity index (χ0) is 18.2. The molecular formula is C18H26FNO3S. The molecular weight excluding hydrogens is 329 g/mol. The number of hydrogen-bond acceptors (Lipinski definition) is 3. The van der Waals surface area contributed by atoms with Gasteiger partial charge >= 0.3 is 5.97 Å². The van der Waals surface area contributed by atoms with Crippen LogP contribution in [0.3, 0.4) is 0 Å². The highest BCUT2D eigenvalue weighted by Gasteiger charge is 2.42. The Labute approximate surface area is 146 Å². The molecule has 0 radical (unpaired) electrons. The van der Waals surface area contributed by atoms with Gasteiger partial charge in [-0.25, -0.2) is 12.9 Å². The van der Waals surface area contributed by atoms with Crippen molar-refractivity contribution in [1.82, 2.24) is 4.31 Å². The fraction of sp³-hybridized carbons (Fsp3) is 0.611. The van der Waals surface area contributed by atoms with Gasteiger partial charge in [0.1, 0.15) is 23.2 Å². The Kier molecular flexibility index (Phi) is 5.50. The van der Waals surface area contributed by atoms with Crippen LogP contribution in [0.4, 0.5) is 4.39 Å². The Bertz CT molecular complexity index is 646. The van der Waals surface area contributed by atoms with Crippen LogP contribution >= 0.6 is 0 Å². The summed E-state index contributed by atoms with van der Waals surface area (Å²) in [7, 11) is -0.330. The number of carbonyl (C=O) groups is 1. The van der Waals surface area contributed by atoms with Crippen molar-refractivity contribution in [2.24, 2.45) is 0 Å². The van der Waals surface area contributed by atoms with Gasteiger partial charge in [0.25, 0.3) is 0 Å². The molecule has 0 saturated carbocycles. The molecule has 1 heterocycles. The lowest BCUT2D eigenvalue weighted by atomic mass is 9.85. The van der Waals surface area contributed by atoms with Crippen LogP contribution < -0.4 is 0 Å². The van der Waals surface area contributed by atoms with Crippen molar-refractivity contribution in [3.8, 4) is 0 Å². The van der Waals surface area contributed by atoms with E-state index >= 15 is 0 Å². The molecule has 1 aliphatic rings. The summed E-state index contributed by atoms with van der Waals surface area (Å²) in [4.78, 5) is 12.6. The van der Waals surface area contributed by atoms with Gasteiger partial charge in [-0.15, -0.1) is 0 Å². The molecule has 1 aromatic rings. The van der Waals surface area contributed by atoms with Crippen LogP contribution in [-0.4, -0.2) is 40.4 Å². The van der Waals surface area contributed by atoms with Crippen LogP contribution in [0, 0.1) is 13.8 Å². The van der Waals surface area contributed by atoms with Crippen LogP contribution in [0.25, 0.3) is 0 Å². The summed E-state index contributed by atoms with van der Waals surface area (Å²) in [5.74, 6) is -0.537. The van der Waals surface area contributed by atoms with Crippen LogP contribution in [0.2, 0.25) is 0 Å². The molecule has 0 spiro atoms. The summed E-state index contributed by atoms with van der Waals surface area (Å²) in [6, 6.07) is 3.25. The van der Waals surface area contributed by atoms with Gasteiger partial charge in [0.05, 0.1) is 12.0 Å². The highest BCUT2D eigenvalue weighted by Crippen LogP contribution is 2.32. The van der Waals surface area contributed by atoms with E-state index in [4.69, 9.17) is 4.74 Å². The Morgan fingerprint density at radius 2 is 1.83 bits per heavy atom. The second-order valence-corrected chi connectivity index (χ2v) is 8.79. The first-order valence-corrected chi connectivity index (χ1v) is 9.19. The van der Waals surface area contributed by atoms with E-state index in [0.29, 0.717) is 4.90 Å². The third-order valence-corrected chi connectivity index (χ3v) is 6.21. The number of methoxy groups -OCH3 is 1. The molecule has 134 valence electrons. The molecule has 0 N–H and O–H groups in total. The number of carbonyl (C=O) groups excluding carboxylic acids is 1.